The lowest BCUT2D eigenvalue weighted by Crippen LogP contribution is -1.96. The highest BCUT2D eigenvalue weighted by molar-refractivity contribution is 5.85. The van der Waals surface area contributed by atoms with E-state index in [9.17, 15) is 4.79 Å². The zero-order valence-electron chi connectivity index (χ0n) is 10.9. The molecule has 1 heterocycles. The largest absolute Gasteiger partial charge is 0.481 e. The van der Waals surface area contributed by atoms with Gasteiger partial charge < -0.3 is 10.1 Å². The van der Waals surface area contributed by atoms with Crippen LogP contribution in [0.1, 0.15) is 36.6 Å². The molecule has 1 aromatic heterocycles. The van der Waals surface area contributed by atoms with Crippen LogP contribution in [0.2, 0.25) is 0 Å². The standard InChI is InChI=1S/C15H19NO2/c1-3-11-7-8-14-13(9-11)12(10(2)16-14)5-4-6-15(17)18/h7-9,16H,3-6H2,1-2H3,(H,17,18). The van der Waals surface area contributed by atoms with Crippen LogP contribution in [-0.4, -0.2) is 16.1 Å². The smallest absolute Gasteiger partial charge is 0.303 e. The van der Waals surface area contributed by atoms with Crippen molar-refractivity contribution in [1.82, 2.24) is 4.98 Å². The van der Waals surface area contributed by atoms with E-state index >= 15 is 0 Å². The van der Waals surface area contributed by atoms with Gasteiger partial charge in [0.25, 0.3) is 0 Å². The summed E-state index contributed by atoms with van der Waals surface area (Å²) < 4.78 is 0. The lowest BCUT2D eigenvalue weighted by atomic mass is 10.0. The molecule has 0 unspecified atom stereocenters. The molecular formula is C15H19NO2. The Bertz CT molecular complexity index is 569. The van der Waals surface area contributed by atoms with Gasteiger partial charge in [-0.25, -0.2) is 0 Å². The summed E-state index contributed by atoms with van der Waals surface area (Å²) in [5.74, 6) is -0.721. The lowest BCUT2D eigenvalue weighted by Gasteiger charge is -2.02. The van der Waals surface area contributed by atoms with Crippen molar-refractivity contribution in [2.75, 3.05) is 0 Å². The molecule has 18 heavy (non-hydrogen) atoms. The Balaban J connectivity index is 2.29. The van der Waals surface area contributed by atoms with Crippen LogP contribution in [0.4, 0.5) is 0 Å². The fraction of sp³-hybridized carbons (Fsp3) is 0.400. The predicted molar refractivity (Wildman–Crippen MR) is 73.0 cm³/mol. The molecule has 1 aromatic carbocycles. The van der Waals surface area contributed by atoms with Crippen molar-refractivity contribution in [1.29, 1.82) is 0 Å². The molecule has 0 saturated carbocycles. The number of nitrogens with one attached hydrogen (secondary N) is 1. The Labute approximate surface area is 107 Å². The van der Waals surface area contributed by atoms with Gasteiger partial charge in [-0.3, -0.25) is 4.79 Å². The van der Waals surface area contributed by atoms with Gasteiger partial charge in [-0.2, -0.15) is 0 Å². The van der Waals surface area contributed by atoms with Crippen LogP contribution in [0.15, 0.2) is 18.2 Å². The fourth-order valence-corrected chi connectivity index (χ4v) is 2.39. The zero-order valence-corrected chi connectivity index (χ0v) is 10.9. The molecule has 96 valence electrons. The third-order valence-electron chi connectivity index (χ3n) is 3.41. The molecule has 0 radical (unpaired) electrons. The molecule has 0 aliphatic rings. The van der Waals surface area contributed by atoms with Crippen LogP contribution in [-0.2, 0) is 17.6 Å². The minimum absolute atomic E-state index is 0.236. The number of carboxylic acids is 1. The number of aromatic nitrogens is 1. The third-order valence-corrected chi connectivity index (χ3v) is 3.41. The fourth-order valence-electron chi connectivity index (χ4n) is 2.39. The average molecular weight is 245 g/mol. The first-order chi connectivity index (χ1) is 8.61. The van der Waals surface area contributed by atoms with E-state index in [2.05, 4.69) is 37.0 Å². The van der Waals surface area contributed by atoms with E-state index in [1.165, 1.54) is 16.5 Å². The maximum Gasteiger partial charge on any atom is 0.303 e. The van der Waals surface area contributed by atoms with Crippen LogP contribution >= 0.6 is 0 Å². The van der Waals surface area contributed by atoms with Crippen LogP contribution < -0.4 is 0 Å². The highest BCUT2D eigenvalue weighted by Crippen LogP contribution is 2.25. The molecule has 0 amide bonds. The normalized spacial score (nSPS) is 11.0. The van der Waals surface area contributed by atoms with Crippen molar-refractivity contribution >= 4 is 16.9 Å². The Morgan fingerprint density at radius 2 is 2.17 bits per heavy atom. The lowest BCUT2D eigenvalue weighted by molar-refractivity contribution is -0.137. The topological polar surface area (TPSA) is 53.1 Å². The van der Waals surface area contributed by atoms with E-state index in [0.717, 1.165) is 24.1 Å². The highest BCUT2D eigenvalue weighted by atomic mass is 16.4. The molecule has 0 bridgehead atoms. The Morgan fingerprint density at radius 1 is 1.39 bits per heavy atom. The number of benzene rings is 1. The Morgan fingerprint density at radius 3 is 2.83 bits per heavy atom. The van der Waals surface area contributed by atoms with Gasteiger partial charge in [0.1, 0.15) is 0 Å². The van der Waals surface area contributed by atoms with Gasteiger partial charge in [-0.15, -0.1) is 0 Å². The maximum atomic E-state index is 10.6. The molecule has 2 aromatic rings. The van der Waals surface area contributed by atoms with Gasteiger partial charge in [0.05, 0.1) is 0 Å². The van der Waals surface area contributed by atoms with Crippen LogP contribution in [0.5, 0.6) is 0 Å². The zero-order chi connectivity index (χ0) is 13.1. The number of fused-ring (bicyclic) bond motifs is 1. The monoisotopic (exact) mass is 245 g/mol. The first kappa shape index (κ1) is 12.7. The van der Waals surface area contributed by atoms with Crippen molar-refractivity contribution in [3.63, 3.8) is 0 Å². The molecule has 3 heteroatoms. The molecular weight excluding hydrogens is 226 g/mol. The second-order valence-electron chi connectivity index (χ2n) is 4.71. The van der Waals surface area contributed by atoms with Gasteiger partial charge in [-0.1, -0.05) is 13.0 Å². The summed E-state index contributed by atoms with van der Waals surface area (Å²) >= 11 is 0. The quantitative estimate of drug-likeness (QED) is 0.847. The summed E-state index contributed by atoms with van der Waals surface area (Å²) in [6.45, 7) is 4.20. The summed E-state index contributed by atoms with van der Waals surface area (Å²) in [7, 11) is 0. The third kappa shape index (κ3) is 2.55. The van der Waals surface area contributed by atoms with Crippen molar-refractivity contribution in [3.05, 3.63) is 35.0 Å². The second kappa shape index (κ2) is 5.25. The number of aromatic amines is 1. The van der Waals surface area contributed by atoms with Gasteiger partial charge >= 0.3 is 5.97 Å². The average Bonchev–Trinajstić information content (AvgIpc) is 2.64. The molecule has 0 spiro atoms. The van der Waals surface area contributed by atoms with E-state index in [4.69, 9.17) is 5.11 Å². The van der Waals surface area contributed by atoms with Crippen molar-refractivity contribution in [3.8, 4) is 0 Å². The summed E-state index contributed by atoms with van der Waals surface area (Å²) in [6, 6.07) is 6.47. The highest BCUT2D eigenvalue weighted by Gasteiger charge is 2.09. The van der Waals surface area contributed by atoms with Crippen LogP contribution in [0, 0.1) is 6.92 Å². The SMILES string of the molecule is CCc1ccc2[nH]c(C)c(CCCC(=O)O)c2c1. The number of hydrogen-bond donors (Lipinski definition) is 2. The Hall–Kier alpha value is -1.77. The number of rotatable bonds is 5. The van der Waals surface area contributed by atoms with Crippen molar-refractivity contribution in [2.24, 2.45) is 0 Å². The van der Waals surface area contributed by atoms with Crippen LogP contribution in [0.3, 0.4) is 0 Å². The minimum atomic E-state index is -0.721. The molecule has 3 nitrogen and oxygen atoms in total. The van der Waals surface area contributed by atoms with E-state index in [1.54, 1.807) is 0 Å². The summed E-state index contributed by atoms with van der Waals surface area (Å²) in [5, 5.41) is 9.95. The summed E-state index contributed by atoms with van der Waals surface area (Å²) in [5.41, 5.74) is 4.89. The number of carboxylic acid groups (broad SMARTS) is 1. The first-order valence-corrected chi connectivity index (χ1v) is 6.43. The van der Waals surface area contributed by atoms with Crippen molar-refractivity contribution < 1.29 is 9.90 Å². The predicted octanol–water partition coefficient (Wildman–Crippen LogP) is 3.45. The van der Waals surface area contributed by atoms with E-state index < -0.39 is 5.97 Å². The van der Waals surface area contributed by atoms with Gasteiger partial charge in [0.15, 0.2) is 0 Å². The second-order valence-corrected chi connectivity index (χ2v) is 4.71. The molecule has 0 fully saturated rings. The van der Waals surface area contributed by atoms with Gasteiger partial charge in [0.2, 0.25) is 0 Å². The number of H-pyrrole nitrogens is 1. The summed E-state index contributed by atoms with van der Waals surface area (Å²) in [4.78, 5) is 13.9. The minimum Gasteiger partial charge on any atom is -0.481 e. The number of aliphatic carboxylic acids is 1. The van der Waals surface area contributed by atoms with E-state index in [-0.39, 0.29) is 6.42 Å². The molecule has 0 aliphatic heterocycles. The van der Waals surface area contributed by atoms with Crippen LogP contribution in [0.25, 0.3) is 10.9 Å². The molecule has 0 atom stereocenters. The first-order valence-electron chi connectivity index (χ1n) is 6.43. The Kier molecular flexibility index (Phi) is 3.70. The molecule has 0 saturated heterocycles. The van der Waals surface area contributed by atoms with Gasteiger partial charge in [-0.05, 0) is 49.4 Å². The number of aryl methyl sites for hydroxylation is 3. The van der Waals surface area contributed by atoms with E-state index in [0.29, 0.717) is 6.42 Å². The number of hydrogen-bond acceptors (Lipinski definition) is 1. The van der Waals surface area contributed by atoms with Gasteiger partial charge in [0, 0.05) is 23.0 Å². The van der Waals surface area contributed by atoms with Crippen molar-refractivity contribution in [2.45, 2.75) is 39.5 Å². The number of carbonyl (C=O) groups is 1. The molecule has 2 N–H and O–H groups in total. The maximum absolute atomic E-state index is 10.6. The van der Waals surface area contributed by atoms with E-state index in [1.807, 2.05) is 0 Å². The molecule has 0 aliphatic carbocycles. The molecule has 2 rings (SSSR count). The summed E-state index contributed by atoms with van der Waals surface area (Å²) in [6.07, 6.45) is 2.78.